The smallest absolute Gasteiger partial charge is 0.266 e. The van der Waals surface area contributed by atoms with E-state index in [2.05, 4.69) is 32.7 Å². The van der Waals surface area contributed by atoms with Gasteiger partial charge in [0.1, 0.15) is 0 Å². The van der Waals surface area contributed by atoms with E-state index in [-0.39, 0.29) is 17.6 Å². The minimum Gasteiger partial charge on any atom is -0.392 e. The van der Waals surface area contributed by atoms with Gasteiger partial charge in [0.2, 0.25) is 5.95 Å². The number of hydrogen-bond acceptors (Lipinski definition) is 6. The molecule has 1 fully saturated rings. The predicted octanol–water partition coefficient (Wildman–Crippen LogP) is 4.46. The summed E-state index contributed by atoms with van der Waals surface area (Å²) in [6.45, 7) is 1.56. The Morgan fingerprint density at radius 3 is 2.71 bits per heavy atom. The fraction of sp³-hybridized carbons (Fsp3) is 0.240. The van der Waals surface area contributed by atoms with Crippen LogP contribution < -0.4 is 16.2 Å². The maximum atomic E-state index is 13.3. The molecular formula is C25H21Cl2N5O2. The number of nitrogens with one attached hydrogen (secondary N) is 2. The summed E-state index contributed by atoms with van der Waals surface area (Å²) in [6.07, 6.45) is 5.45. The third-order valence-electron chi connectivity index (χ3n) is 6.74. The molecule has 172 valence electrons. The highest BCUT2D eigenvalue weighted by Crippen LogP contribution is 2.50. The van der Waals surface area contributed by atoms with Crippen molar-refractivity contribution in [3.63, 3.8) is 0 Å². The summed E-state index contributed by atoms with van der Waals surface area (Å²) >= 11 is 12.6. The number of benzene rings is 2. The SMILES string of the molecule is O=c1c2cnc(Nc3ccc4c(c3)CNCC43CC3)nc2c(CO)cn1-c1c(Cl)cccc1Cl. The molecule has 2 aliphatic rings. The summed E-state index contributed by atoms with van der Waals surface area (Å²) in [7, 11) is 0. The Bertz CT molecular complexity index is 1490. The molecule has 1 aliphatic heterocycles. The maximum absolute atomic E-state index is 13.3. The van der Waals surface area contributed by atoms with Crippen molar-refractivity contribution in [2.75, 3.05) is 11.9 Å². The maximum Gasteiger partial charge on any atom is 0.266 e. The number of hydrogen-bond donors (Lipinski definition) is 3. The minimum absolute atomic E-state index is 0.262. The lowest BCUT2D eigenvalue weighted by Gasteiger charge is -2.26. The average molecular weight is 494 g/mol. The summed E-state index contributed by atoms with van der Waals surface area (Å²) < 4.78 is 1.33. The van der Waals surface area contributed by atoms with E-state index in [0.29, 0.717) is 38.2 Å². The van der Waals surface area contributed by atoms with Crippen molar-refractivity contribution < 1.29 is 5.11 Å². The molecule has 0 radical (unpaired) electrons. The molecule has 3 N–H and O–H groups in total. The van der Waals surface area contributed by atoms with E-state index in [4.69, 9.17) is 23.2 Å². The van der Waals surface area contributed by atoms with Crippen LogP contribution in [0.25, 0.3) is 16.6 Å². The highest BCUT2D eigenvalue weighted by atomic mass is 35.5. The predicted molar refractivity (Wildman–Crippen MR) is 133 cm³/mol. The highest BCUT2D eigenvalue weighted by Gasteiger charge is 2.46. The lowest BCUT2D eigenvalue weighted by molar-refractivity contribution is 0.282. The van der Waals surface area contributed by atoms with Crippen LogP contribution in [0, 0.1) is 0 Å². The highest BCUT2D eigenvalue weighted by molar-refractivity contribution is 6.37. The van der Waals surface area contributed by atoms with Gasteiger partial charge in [-0.3, -0.25) is 9.36 Å². The average Bonchev–Trinajstić information content (AvgIpc) is 3.60. The minimum atomic E-state index is -0.372. The number of aromatic nitrogens is 3. The number of nitrogens with zero attached hydrogens (tertiary/aromatic N) is 3. The van der Waals surface area contributed by atoms with Crippen molar-refractivity contribution in [2.45, 2.75) is 31.4 Å². The zero-order chi connectivity index (χ0) is 23.4. The zero-order valence-electron chi connectivity index (χ0n) is 18.1. The zero-order valence-corrected chi connectivity index (χ0v) is 19.6. The molecule has 2 aromatic heterocycles. The molecule has 3 heterocycles. The Hall–Kier alpha value is -2.97. The summed E-state index contributed by atoms with van der Waals surface area (Å²) in [4.78, 5) is 22.2. The van der Waals surface area contributed by atoms with Crippen LogP contribution in [-0.2, 0) is 18.6 Å². The van der Waals surface area contributed by atoms with E-state index in [9.17, 15) is 9.90 Å². The van der Waals surface area contributed by atoms with E-state index < -0.39 is 0 Å². The van der Waals surface area contributed by atoms with Gasteiger partial charge in [0.15, 0.2) is 0 Å². The monoisotopic (exact) mass is 493 g/mol. The molecule has 0 amide bonds. The number of halogens is 2. The second-order valence-corrected chi connectivity index (χ2v) is 9.71. The van der Waals surface area contributed by atoms with E-state index in [1.165, 1.54) is 40.9 Å². The Balaban J connectivity index is 1.40. The lowest BCUT2D eigenvalue weighted by Crippen LogP contribution is -2.33. The molecule has 1 saturated carbocycles. The molecule has 6 rings (SSSR count). The van der Waals surface area contributed by atoms with E-state index in [1.807, 2.05) is 6.07 Å². The third kappa shape index (κ3) is 3.47. The van der Waals surface area contributed by atoms with Gasteiger partial charge in [-0.2, -0.15) is 0 Å². The number of aliphatic hydroxyl groups is 1. The van der Waals surface area contributed by atoms with Crippen molar-refractivity contribution in [2.24, 2.45) is 0 Å². The largest absolute Gasteiger partial charge is 0.392 e. The number of rotatable bonds is 4. The van der Waals surface area contributed by atoms with Crippen LogP contribution in [0.15, 0.2) is 53.6 Å². The van der Waals surface area contributed by atoms with Gasteiger partial charge in [0.05, 0.1) is 33.2 Å². The van der Waals surface area contributed by atoms with Crippen LogP contribution in [0.3, 0.4) is 0 Å². The van der Waals surface area contributed by atoms with E-state index in [0.717, 1.165) is 18.8 Å². The number of anilines is 2. The Labute approximate surface area is 205 Å². The van der Waals surface area contributed by atoms with Crippen LogP contribution in [0.5, 0.6) is 0 Å². The molecule has 7 nitrogen and oxygen atoms in total. The van der Waals surface area contributed by atoms with Crippen molar-refractivity contribution in [1.29, 1.82) is 0 Å². The van der Waals surface area contributed by atoms with Crippen LogP contribution >= 0.6 is 23.2 Å². The fourth-order valence-corrected chi connectivity index (χ4v) is 5.42. The van der Waals surface area contributed by atoms with E-state index in [1.54, 1.807) is 18.2 Å². The topological polar surface area (TPSA) is 92.1 Å². The first-order chi connectivity index (χ1) is 16.5. The second-order valence-electron chi connectivity index (χ2n) is 8.89. The first kappa shape index (κ1) is 21.6. The third-order valence-corrected chi connectivity index (χ3v) is 7.35. The van der Waals surface area contributed by atoms with Gasteiger partial charge in [-0.05, 0) is 48.2 Å². The fourth-order valence-electron chi connectivity index (χ4n) is 4.84. The summed E-state index contributed by atoms with van der Waals surface area (Å²) in [5.74, 6) is 0.347. The van der Waals surface area contributed by atoms with Gasteiger partial charge in [-0.1, -0.05) is 35.3 Å². The summed E-state index contributed by atoms with van der Waals surface area (Å²) in [5, 5.41) is 17.7. The number of para-hydroxylation sites is 1. The quantitative estimate of drug-likeness (QED) is 0.388. The van der Waals surface area contributed by atoms with Crippen LogP contribution in [0.4, 0.5) is 11.6 Å². The normalized spacial score (nSPS) is 16.0. The van der Waals surface area contributed by atoms with Crippen LogP contribution in [-0.4, -0.2) is 26.2 Å². The van der Waals surface area contributed by atoms with Gasteiger partial charge >= 0.3 is 0 Å². The van der Waals surface area contributed by atoms with Crippen LogP contribution in [0.1, 0.15) is 29.5 Å². The summed E-state index contributed by atoms with van der Waals surface area (Å²) in [6, 6.07) is 11.4. The van der Waals surface area contributed by atoms with Crippen molar-refractivity contribution in [1.82, 2.24) is 19.9 Å². The molecule has 34 heavy (non-hydrogen) atoms. The molecule has 0 unspecified atom stereocenters. The van der Waals surface area contributed by atoms with Crippen LogP contribution in [0.2, 0.25) is 10.0 Å². The molecular weight excluding hydrogens is 473 g/mol. The molecule has 2 aromatic carbocycles. The Morgan fingerprint density at radius 1 is 1.18 bits per heavy atom. The second kappa shape index (κ2) is 8.06. The van der Waals surface area contributed by atoms with Crippen molar-refractivity contribution >= 4 is 45.7 Å². The molecule has 9 heteroatoms. The standard InChI is InChI=1S/C25H21Cl2N5O2/c26-19-2-1-3-20(27)22(19)32-11-15(12-33)21-17(23(32)34)10-29-24(31-21)30-16-4-5-18-14(8-16)9-28-13-25(18)6-7-25/h1-5,8,10-11,28,33H,6-7,9,12-13H2,(H,29,30,31). The van der Waals surface area contributed by atoms with Gasteiger partial charge < -0.3 is 15.7 Å². The van der Waals surface area contributed by atoms with Gasteiger partial charge in [0, 0.05) is 42.1 Å². The van der Waals surface area contributed by atoms with E-state index >= 15 is 0 Å². The molecule has 0 saturated heterocycles. The number of fused-ring (bicyclic) bond motifs is 3. The molecule has 0 atom stereocenters. The Morgan fingerprint density at radius 2 is 1.97 bits per heavy atom. The lowest BCUT2D eigenvalue weighted by atomic mass is 9.88. The number of aliphatic hydroxyl groups excluding tert-OH is 1. The first-order valence-electron chi connectivity index (χ1n) is 11.1. The molecule has 4 aromatic rings. The van der Waals surface area contributed by atoms with Gasteiger partial charge in [-0.25, -0.2) is 9.97 Å². The van der Waals surface area contributed by atoms with Crippen molar-refractivity contribution in [3.8, 4) is 5.69 Å². The van der Waals surface area contributed by atoms with Gasteiger partial charge in [0.25, 0.3) is 5.56 Å². The Kier molecular flexibility index (Phi) is 5.11. The molecule has 0 bridgehead atoms. The van der Waals surface area contributed by atoms with Crippen molar-refractivity contribution in [3.05, 3.63) is 85.9 Å². The number of pyridine rings is 1. The van der Waals surface area contributed by atoms with Gasteiger partial charge in [-0.15, -0.1) is 0 Å². The first-order valence-corrected chi connectivity index (χ1v) is 11.8. The summed E-state index contributed by atoms with van der Waals surface area (Å²) in [5.41, 5.74) is 4.71. The molecule has 1 spiro atoms. The molecule has 1 aliphatic carbocycles.